The van der Waals surface area contributed by atoms with E-state index in [9.17, 15) is 14.9 Å². The molecule has 0 amide bonds. The van der Waals surface area contributed by atoms with Crippen molar-refractivity contribution in [2.24, 2.45) is 11.0 Å². The zero-order valence-electron chi connectivity index (χ0n) is 17.2. The van der Waals surface area contributed by atoms with Crippen molar-refractivity contribution in [1.82, 2.24) is 5.01 Å². The third-order valence-corrected chi connectivity index (χ3v) is 5.74. The fraction of sp³-hybridized carbons (Fsp3) is 0.304. The molecule has 1 aliphatic heterocycles. The molecule has 2 aromatic carbocycles. The largest absolute Gasteiger partial charge is 0.497 e. The molecule has 0 bridgehead atoms. The topological polar surface area (TPSA) is 85.0 Å². The molecule has 1 aliphatic carbocycles. The maximum absolute atomic E-state index is 11.7. The summed E-state index contributed by atoms with van der Waals surface area (Å²) in [5.74, 6) is 0.903. The number of aryl methyl sites for hydroxylation is 1. The van der Waals surface area contributed by atoms with Gasteiger partial charge in [0.05, 0.1) is 23.8 Å². The third-order valence-electron chi connectivity index (χ3n) is 5.74. The van der Waals surface area contributed by atoms with E-state index in [1.165, 1.54) is 24.6 Å². The molecule has 7 nitrogen and oxygen atoms in total. The van der Waals surface area contributed by atoms with Gasteiger partial charge in [-0.05, 0) is 56.0 Å². The molecule has 30 heavy (non-hydrogen) atoms. The highest BCUT2D eigenvalue weighted by Gasteiger charge is 2.42. The van der Waals surface area contributed by atoms with Gasteiger partial charge < -0.3 is 4.74 Å². The van der Waals surface area contributed by atoms with Crippen LogP contribution in [0.2, 0.25) is 0 Å². The Bertz CT molecular complexity index is 1070. The summed E-state index contributed by atoms with van der Waals surface area (Å²) in [5, 5.41) is 17.9. The number of ether oxygens (including phenoxy) is 1. The minimum Gasteiger partial charge on any atom is -0.497 e. The summed E-state index contributed by atoms with van der Waals surface area (Å²) in [6.45, 7) is 3.39. The van der Waals surface area contributed by atoms with Crippen molar-refractivity contribution in [2.75, 3.05) is 7.11 Å². The molecule has 2 aromatic rings. The van der Waals surface area contributed by atoms with Gasteiger partial charge in [-0.15, -0.1) is 0 Å². The Hall–Kier alpha value is -3.48. The molecule has 0 saturated heterocycles. The van der Waals surface area contributed by atoms with Crippen LogP contribution >= 0.6 is 0 Å². The van der Waals surface area contributed by atoms with E-state index in [-0.39, 0.29) is 23.4 Å². The number of ketones is 1. The normalized spacial score (nSPS) is 20.3. The van der Waals surface area contributed by atoms with Crippen molar-refractivity contribution in [3.05, 3.63) is 81.0 Å². The van der Waals surface area contributed by atoms with Gasteiger partial charge in [0.2, 0.25) is 0 Å². The smallest absolute Gasteiger partial charge is 0.269 e. The van der Waals surface area contributed by atoms with Gasteiger partial charge >= 0.3 is 0 Å². The van der Waals surface area contributed by atoms with Crippen LogP contribution in [0.15, 0.2) is 59.3 Å². The van der Waals surface area contributed by atoms with Crippen LogP contribution in [0.3, 0.4) is 0 Å². The zero-order valence-corrected chi connectivity index (χ0v) is 17.2. The van der Waals surface area contributed by atoms with Crippen LogP contribution in [-0.2, 0) is 11.2 Å². The van der Waals surface area contributed by atoms with E-state index < -0.39 is 4.92 Å². The summed E-state index contributed by atoms with van der Waals surface area (Å²) in [4.78, 5) is 22.4. The lowest BCUT2D eigenvalue weighted by molar-refractivity contribution is -0.384. The molecule has 0 N–H and O–H groups in total. The van der Waals surface area contributed by atoms with Gasteiger partial charge in [0.15, 0.2) is 5.78 Å². The van der Waals surface area contributed by atoms with E-state index in [0.717, 1.165) is 41.1 Å². The van der Waals surface area contributed by atoms with Gasteiger partial charge in [-0.25, -0.2) is 0 Å². The first-order chi connectivity index (χ1) is 14.4. The van der Waals surface area contributed by atoms with E-state index in [1.54, 1.807) is 25.3 Å². The van der Waals surface area contributed by atoms with Gasteiger partial charge in [0, 0.05) is 35.4 Å². The molecule has 2 aliphatic rings. The van der Waals surface area contributed by atoms with Crippen molar-refractivity contribution in [3.8, 4) is 5.75 Å². The molecule has 0 spiro atoms. The number of non-ortho nitro benzene ring substituents is 1. The second-order valence-corrected chi connectivity index (χ2v) is 7.69. The number of nitro benzene ring substituents is 1. The van der Waals surface area contributed by atoms with Gasteiger partial charge in [-0.2, -0.15) is 5.10 Å². The van der Waals surface area contributed by atoms with Crippen LogP contribution < -0.4 is 4.74 Å². The molecular weight excluding hydrogens is 382 g/mol. The van der Waals surface area contributed by atoms with E-state index in [0.29, 0.717) is 0 Å². The number of allylic oxidation sites excluding steroid dienone is 2. The summed E-state index contributed by atoms with van der Waals surface area (Å²) >= 11 is 0. The molecule has 2 atom stereocenters. The van der Waals surface area contributed by atoms with Crippen LogP contribution in [0.1, 0.15) is 43.0 Å². The number of nitrogens with zero attached hydrogens (tertiary/aromatic N) is 3. The van der Waals surface area contributed by atoms with Crippen LogP contribution in [0.4, 0.5) is 5.69 Å². The van der Waals surface area contributed by atoms with Gasteiger partial charge in [0.25, 0.3) is 5.69 Å². The van der Waals surface area contributed by atoms with Crippen LogP contribution in [0.25, 0.3) is 0 Å². The predicted octanol–water partition coefficient (Wildman–Crippen LogP) is 4.42. The lowest BCUT2D eigenvalue weighted by Gasteiger charge is -2.31. The van der Waals surface area contributed by atoms with Crippen LogP contribution in [0, 0.1) is 16.0 Å². The number of carbonyl (C=O) groups is 1. The lowest BCUT2D eigenvalue weighted by Crippen LogP contribution is -2.28. The fourth-order valence-electron chi connectivity index (χ4n) is 4.41. The van der Waals surface area contributed by atoms with E-state index in [4.69, 9.17) is 9.84 Å². The van der Waals surface area contributed by atoms with E-state index in [2.05, 4.69) is 6.07 Å². The molecule has 0 radical (unpaired) electrons. The number of carbonyl (C=O) groups excluding carboxylic acids is 1. The third kappa shape index (κ3) is 3.47. The second kappa shape index (κ2) is 7.74. The standard InChI is InChI=1S/C23H23N3O4/c1-14(12-15(2)27)25-23(16-4-7-18(8-5-16)26(28)29)21-10-6-17-13-19(30-3)9-11-20(17)22(21)24-25/h4-5,7-9,11-13,21,23H,6,10H2,1-3H3/b14-12+/t21-,23-/m0/s1. The first-order valence-electron chi connectivity index (χ1n) is 9.87. The number of hydrogen-bond acceptors (Lipinski definition) is 6. The molecule has 7 heteroatoms. The highest BCUT2D eigenvalue weighted by atomic mass is 16.6. The SMILES string of the molecule is COc1ccc2c(c1)CC[C@H]1C2=NN(/C(C)=C/C(C)=O)[C@H]1c1ccc([N+](=O)[O-])cc1. The summed E-state index contributed by atoms with van der Waals surface area (Å²) in [7, 11) is 1.66. The maximum atomic E-state index is 11.7. The number of hydrazone groups is 1. The Labute approximate surface area is 174 Å². The minimum absolute atomic E-state index is 0.0462. The van der Waals surface area contributed by atoms with Crippen molar-refractivity contribution in [2.45, 2.75) is 32.7 Å². The molecule has 0 aromatic heterocycles. The van der Waals surface area contributed by atoms with E-state index >= 15 is 0 Å². The van der Waals surface area contributed by atoms with Crippen molar-refractivity contribution in [1.29, 1.82) is 0 Å². The lowest BCUT2D eigenvalue weighted by atomic mass is 9.77. The minimum atomic E-state index is -0.400. The highest BCUT2D eigenvalue weighted by molar-refractivity contribution is 6.06. The number of methoxy groups -OCH3 is 1. The quantitative estimate of drug-likeness (QED) is 0.418. The predicted molar refractivity (Wildman–Crippen MR) is 113 cm³/mol. The Balaban J connectivity index is 1.79. The summed E-state index contributed by atoms with van der Waals surface area (Å²) in [6, 6.07) is 12.5. The Morgan fingerprint density at radius 2 is 1.97 bits per heavy atom. The average Bonchev–Trinajstić information content (AvgIpc) is 3.13. The zero-order chi connectivity index (χ0) is 21.4. The second-order valence-electron chi connectivity index (χ2n) is 7.69. The summed E-state index contributed by atoms with van der Waals surface area (Å²) in [5.41, 5.74) is 5.03. The van der Waals surface area contributed by atoms with Gasteiger partial charge in [-0.3, -0.25) is 19.9 Å². The fourth-order valence-corrected chi connectivity index (χ4v) is 4.41. The van der Waals surface area contributed by atoms with E-state index in [1.807, 2.05) is 24.1 Å². The Morgan fingerprint density at radius 1 is 1.23 bits per heavy atom. The molecule has 4 rings (SSSR count). The Morgan fingerprint density at radius 3 is 2.60 bits per heavy atom. The average molecular weight is 405 g/mol. The van der Waals surface area contributed by atoms with Crippen molar-refractivity contribution < 1.29 is 14.5 Å². The number of rotatable bonds is 5. The summed E-state index contributed by atoms with van der Waals surface area (Å²) in [6.07, 6.45) is 3.36. The number of benzene rings is 2. The molecule has 0 saturated carbocycles. The number of hydrogen-bond donors (Lipinski definition) is 0. The molecule has 0 fully saturated rings. The maximum Gasteiger partial charge on any atom is 0.269 e. The van der Waals surface area contributed by atoms with Crippen molar-refractivity contribution in [3.63, 3.8) is 0 Å². The van der Waals surface area contributed by atoms with Crippen LogP contribution in [0.5, 0.6) is 5.75 Å². The molecule has 154 valence electrons. The molecule has 0 unspecified atom stereocenters. The highest BCUT2D eigenvalue weighted by Crippen LogP contribution is 2.45. The van der Waals surface area contributed by atoms with Crippen LogP contribution in [-0.4, -0.2) is 28.5 Å². The number of nitro groups is 1. The first kappa shape index (κ1) is 19.8. The van der Waals surface area contributed by atoms with Gasteiger partial charge in [-0.1, -0.05) is 12.1 Å². The molecule has 1 heterocycles. The van der Waals surface area contributed by atoms with Gasteiger partial charge in [0.1, 0.15) is 5.75 Å². The van der Waals surface area contributed by atoms with Crippen molar-refractivity contribution >= 4 is 17.2 Å². The Kier molecular flexibility index (Phi) is 5.11. The first-order valence-corrected chi connectivity index (χ1v) is 9.87. The molecular formula is C23H23N3O4. The monoisotopic (exact) mass is 405 g/mol. The summed E-state index contributed by atoms with van der Waals surface area (Å²) < 4.78 is 5.36. The number of fused-ring (bicyclic) bond motifs is 3.